The molecule has 0 atom stereocenters. The van der Waals surface area contributed by atoms with E-state index in [1.54, 1.807) is 24.3 Å². The molecule has 0 aliphatic rings. The van der Waals surface area contributed by atoms with E-state index in [4.69, 9.17) is 56.1 Å². The van der Waals surface area contributed by atoms with E-state index in [0.717, 1.165) is 22.4 Å². The number of ether oxygens (including phenoxy) is 1. The molecule has 0 radical (unpaired) electrons. The molecule has 1 heterocycles. The van der Waals surface area contributed by atoms with Crippen molar-refractivity contribution in [2.45, 2.75) is 13.2 Å². The highest BCUT2D eigenvalue weighted by Crippen LogP contribution is 2.29. The Morgan fingerprint density at radius 3 is 2.29 bits per heavy atom. The van der Waals surface area contributed by atoms with Crippen LogP contribution in [-0.2, 0) is 13.2 Å². The van der Waals surface area contributed by atoms with Gasteiger partial charge in [0.2, 0.25) is 0 Å². The summed E-state index contributed by atoms with van der Waals surface area (Å²) in [6.45, 7) is 0.796. The first-order valence-electron chi connectivity index (χ1n) is 8.47. The SMILES string of the molecule is Clc1ccc(Cn2c(COc3ccc(Cl)cc3Cl)nc3ccccc32)c(Cl)c1. The molecule has 7 heteroatoms. The molecule has 0 bridgehead atoms. The third-order valence-electron chi connectivity index (χ3n) is 4.33. The Hall–Kier alpha value is -1.91. The van der Waals surface area contributed by atoms with Crippen LogP contribution >= 0.6 is 46.4 Å². The Bertz CT molecular complexity index is 1160. The van der Waals surface area contributed by atoms with E-state index in [1.165, 1.54) is 0 Å². The van der Waals surface area contributed by atoms with Gasteiger partial charge in [0.25, 0.3) is 0 Å². The van der Waals surface area contributed by atoms with Crippen LogP contribution in [0.1, 0.15) is 11.4 Å². The van der Waals surface area contributed by atoms with Gasteiger partial charge in [-0.3, -0.25) is 0 Å². The topological polar surface area (TPSA) is 27.1 Å². The predicted molar refractivity (Wildman–Crippen MR) is 116 cm³/mol. The van der Waals surface area contributed by atoms with Crippen molar-refractivity contribution in [3.8, 4) is 5.75 Å². The molecule has 0 aliphatic carbocycles. The number of nitrogens with zero attached hydrogens (tertiary/aromatic N) is 2. The van der Waals surface area contributed by atoms with Crippen LogP contribution in [0, 0.1) is 0 Å². The minimum atomic E-state index is 0.251. The minimum Gasteiger partial charge on any atom is -0.484 e. The van der Waals surface area contributed by atoms with Gasteiger partial charge >= 0.3 is 0 Å². The third kappa shape index (κ3) is 4.08. The maximum atomic E-state index is 6.38. The summed E-state index contributed by atoms with van der Waals surface area (Å²) in [7, 11) is 0. The average Bonchev–Trinajstić information content (AvgIpc) is 3.01. The third-order valence-corrected chi connectivity index (χ3v) is 5.45. The first-order valence-corrected chi connectivity index (χ1v) is 9.98. The zero-order valence-electron chi connectivity index (χ0n) is 14.5. The molecule has 4 rings (SSSR count). The lowest BCUT2D eigenvalue weighted by atomic mass is 10.2. The maximum Gasteiger partial charge on any atom is 0.148 e. The highest BCUT2D eigenvalue weighted by atomic mass is 35.5. The minimum absolute atomic E-state index is 0.251. The number of para-hydroxylation sites is 2. The molecule has 142 valence electrons. The van der Waals surface area contributed by atoms with Crippen LogP contribution in [0.3, 0.4) is 0 Å². The van der Waals surface area contributed by atoms with E-state index in [1.807, 2.05) is 36.4 Å². The van der Waals surface area contributed by atoms with Gasteiger partial charge in [0, 0.05) is 15.1 Å². The second-order valence-electron chi connectivity index (χ2n) is 6.20. The number of hydrogen-bond acceptors (Lipinski definition) is 2. The molecule has 0 saturated carbocycles. The van der Waals surface area contributed by atoms with Gasteiger partial charge in [-0.2, -0.15) is 0 Å². The van der Waals surface area contributed by atoms with Crippen molar-refractivity contribution in [3.63, 3.8) is 0 Å². The Kier molecular flexibility index (Phi) is 5.70. The summed E-state index contributed by atoms with van der Waals surface area (Å²) in [6, 6.07) is 18.5. The second kappa shape index (κ2) is 8.22. The van der Waals surface area contributed by atoms with Crippen molar-refractivity contribution in [1.29, 1.82) is 0 Å². The molecule has 3 aromatic carbocycles. The lowest BCUT2D eigenvalue weighted by Crippen LogP contribution is -2.09. The number of halogens is 4. The highest BCUT2D eigenvalue weighted by Gasteiger charge is 2.14. The monoisotopic (exact) mass is 450 g/mol. The molecular weight excluding hydrogens is 438 g/mol. The summed E-state index contributed by atoms with van der Waals surface area (Å²) in [4.78, 5) is 4.72. The zero-order chi connectivity index (χ0) is 19.7. The van der Waals surface area contributed by atoms with Crippen molar-refractivity contribution >= 4 is 57.4 Å². The predicted octanol–water partition coefficient (Wildman–Crippen LogP) is 7.28. The fourth-order valence-corrected chi connectivity index (χ4v) is 3.90. The smallest absolute Gasteiger partial charge is 0.148 e. The molecule has 0 amide bonds. The van der Waals surface area contributed by atoms with Crippen molar-refractivity contribution in [3.05, 3.63) is 92.1 Å². The number of rotatable bonds is 5. The Morgan fingerprint density at radius 1 is 0.821 bits per heavy atom. The number of hydrogen-bond donors (Lipinski definition) is 0. The molecule has 0 aliphatic heterocycles. The van der Waals surface area contributed by atoms with Crippen molar-refractivity contribution in [1.82, 2.24) is 9.55 Å². The van der Waals surface area contributed by atoms with Crippen LogP contribution in [0.5, 0.6) is 5.75 Å². The van der Waals surface area contributed by atoms with Gasteiger partial charge in [-0.25, -0.2) is 4.98 Å². The average molecular weight is 452 g/mol. The standard InChI is InChI=1S/C21H14Cl4N2O/c22-14-6-5-13(16(24)9-14)11-27-19-4-2-1-3-18(19)26-21(27)12-28-20-8-7-15(23)10-17(20)25/h1-10H,11-12H2. The van der Waals surface area contributed by atoms with Crippen molar-refractivity contribution < 1.29 is 4.74 Å². The quantitative estimate of drug-likeness (QED) is 0.318. The fraction of sp³-hybridized carbons (Fsp3) is 0.0952. The first kappa shape index (κ1) is 19.4. The molecule has 3 nitrogen and oxygen atoms in total. The van der Waals surface area contributed by atoms with Gasteiger partial charge in [-0.15, -0.1) is 0 Å². The summed E-state index contributed by atoms with van der Waals surface area (Å²) in [5, 5.41) is 2.22. The largest absolute Gasteiger partial charge is 0.484 e. The van der Waals surface area contributed by atoms with Crippen LogP contribution in [-0.4, -0.2) is 9.55 Å². The van der Waals surface area contributed by atoms with Gasteiger partial charge in [0.1, 0.15) is 18.2 Å². The fourth-order valence-electron chi connectivity index (χ4n) is 2.97. The summed E-state index contributed by atoms with van der Waals surface area (Å²) in [6.07, 6.45) is 0. The number of fused-ring (bicyclic) bond motifs is 1. The zero-order valence-corrected chi connectivity index (χ0v) is 17.5. The lowest BCUT2D eigenvalue weighted by molar-refractivity contribution is 0.291. The van der Waals surface area contributed by atoms with Crippen LogP contribution in [0.2, 0.25) is 20.1 Å². The normalized spacial score (nSPS) is 11.1. The van der Waals surface area contributed by atoms with Crippen molar-refractivity contribution in [2.24, 2.45) is 0 Å². The molecule has 28 heavy (non-hydrogen) atoms. The Labute approximate surface area is 182 Å². The summed E-state index contributed by atoms with van der Waals surface area (Å²) >= 11 is 24.6. The molecule has 0 fully saturated rings. The van der Waals surface area contributed by atoms with E-state index in [0.29, 0.717) is 32.4 Å². The molecular formula is C21H14Cl4N2O. The van der Waals surface area contributed by atoms with Crippen LogP contribution in [0.15, 0.2) is 60.7 Å². The van der Waals surface area contributed by atoms with Crippen LogP contribution in [0.4, 0.5) is 0 Å². The lowest BCUT2D eigenvalue weighted by Gasteiger charge is -2.12. The Balaban J connectivity index is 1.68. The molecule has 0 spiro atoms. The summed E-state index contributed by atoms with van der Waals surface area (Å²) in [5.41, 5.74) is 2.82. The van der Waals surface area contributed by atoms with E-state index >= 15 is 0 Å². The van der Waals surface area contributed by atoms with E-state index in [9.17, 15) is 0 Å². The van der Waals surface area contributed by atoms with Gasteiger partial charge in [-0.1, -0.05) is 64.6 Å². The van der Waals surface area contributed by atoms with Gasteiger partial charge in [0.05, 0.1) is 22.6 Å². The summed E-state index contributed by atoms with van der Waals surface area (Å²) in [5.74, 6) is 1.31. The van der Waals surface area contributed by atoms with E-state index in [-0.39, 0.29) is 6.61 Å². The van der Waals surface area contributed by atoms with Gasteiger partial charge in [0.15, 0.2) is 0 Å². The number of benzene rings is 3. The Morgan fingerprint density at radius 2 is 1.54 bits per heavy atom. The molecule has 4 aromatic rings. The van der Waals surface area contributed by atoms with Gasteiger partial charge < -0.3 is 9.30 Å². The summed E-state index contributed by atoms with van der Waals surface area (Å²) < 4.78 is 7.98. The van der Waals surface area contributed by atoms with Crippen LogP contribution < -0.4 is 4.74 Å². The molecule has 0 saturated heterocycles. The highest BCUT2D eigenvalue weighted by molar-refractivity contribution is 6.35. The number of aromatic nitrogens is 2. The van der Waals surface area contributed by atoms with Crippen LogP contribution in [0.25, 0.3) is 11.0 Å². The second-order valence-corrected chi connectivity index (χ2v) is 7.89. The van der Waals surface area contributed by atoms with Crippen molar-refractivity contribution in [2.75, 3.05) is 0 Å². The first-order chi connectivity index (χ1) is 13.5. The van der Waals surface area contributed by atoms with E-state index < -0.39 is 0 Å². The van der Waals surface area contributed by atoms with E-state index in [2.05, 4.69) is 4.57 Å². The number of imidazole rings is 1. The maximum absolute atomic E-state index is 6.38. The van der Waals surface area contributed by atoms with Gasteiger partial charge in [-0.05, 0) is 48.0 Å². The molecule has 1 aromatic heterocycles. The molecule has 0 N–H and O–H groups in total. The molecule has 0 unspecified atom stereocenters.